The first-order chi connectivity index (χ1) is 11.2. The largest absolute Gasteiger partial charge is 0.495 e. The summed E-state index contributed by atoms with van der Waals surface area (Å²) in [5, 5.41) is 6.09. The van der Waals surface area contributed by atoms with Gasteiger partial charge >= 0.3 is 6.09 Å². The van der Waals surface area contributed by atoms with Crippen LogP contribution < -0.4 is 21.1 Å². The third-order valence-corrected chi connectivity index (χ3v) is 3.65. The van der Waals surface area contributed by atoms with Crippen molar-refractivity contribution in [1.82, 2.24) is 0 Å². The van der Waals surface area contributed by atoms with Crippen LogP contribution in [-0.4, -0.2) is 31.9 Å². The lowest BCUT2D eigenvalue weighted by atomic mass is 9.96. The zero-order valence-electron chi connectivity index (χ0n) is 15.6. The number of carbonyl (C=O) groups excluding carboxylic acids is 1. The molecule has 1 atom stereocenters. The van der Waals surface area contributed by atoms with Gasteiger partial charge in [0.05, 0.1) is 12.8 Å². The Hall–Kier alpha value is -1.95. The van der Waals surface area contributed by atoms with Crippen LogP contribution in [0.5, 0.6) is 5.75 Å². The molecule has 0 heterocycles. The van der Waals surface area contributed by atoms with E-state index >= 15 is 0 Å². The minimum Gasteiger partial charge on any atom is -0.495 e. The van der Waals surface area contributed by atoms with Crippen molar-refractivity contribution < 1.29 is 14.3 Å². The number of rotatable bonds is 7. The van der Waals surface area contributed by atoms with Crippen LogP contribution >= 0.6 is 0 Å². The third-order valence-electron chi connectivity index (χ3n) is 3.65. The number of ether oxygens (including phenoxy) is 2. The van der Waals surface area contributed by atoms with Crippen molar-refractivity contribution in [2.75, 3.05) is 30.8 Å². The molecule has 136 valence electrons. The van der Waals surface area contributed by atoms with Gasteiger partial charge in [0.15, 0.2) is 0 Å². The molecule has 1 unspecified atom stereocenters. The molecule has 0 bridgehead atoms. The second-order valence-electron chi connectivity index (χ2n) is 7.16. The highest BCUT2D eigenvalue weighted by Crippen LogP contribution is 2.28. The fourth-order valence-corrected chi connectivity index (χ4v) is 2.17. The van der Waals surface area contributed by atoms with Crippen molar-refractivity contribution in [3.8, 4) is 5.75 Å². The highest BCUT2D eigenvalue weighted by molar-refractivity contribution is 5.88. The molecule has 0 aliphatic carbocycles. The fourth-order valence-electron chi connectivity index (χ4n) is 2.17. The Labute approximate surface area is 145 Å². The van der Waals surface area contributed by atoms with Crippen LogP contribution in [0.2, 0.25) is 0 Å². The van der Waals surface area contributed by atoms with Crippen LogP contribution in [0.1, 0.15) is 34.6 Å². The van der Waals surface area contributed by atoms with E-state index in [0.717, 1.165) is 12.2 Å². The first-order valence-corrected chi connectivity index (χ1v) is 8.28. The molecule has 1 aromatic rings. The van der Waals surface area contributed by atoms with Gasteiger partial charge in [-0.2, -0.15) is 0 Å². The van der Waals surface area contributed by atoms with Crippen molar-refractivity contribution in [3.63, 3.8) is 0 Å². The molecular weight excluding hydrogens is 306 g/mol. The molecule has 6 heteroatoms. The maximum Gasteiger partial charge on any atom is 0.412 e. The summed E-state index contributed by atoms with van der Waals surface area (Å²) in [7, 11) is 1.56. The average Bonchev–Trinajstić information content (AvgIpc) is 2.45. The first-order valence-electron chi connectivity index (χ1n) is 8.28. The van der Waals surface area contributed by atoms with E-state index in [1.807, 2.05) is 39.0 Å². The van der Waals surface area contributed by atoms with Crippen molar-refractivity contribution in [2.24, 2.45) is 17.6 Å². The summed E-state index contributed by atoms with van der Waals surface area (Å²) in [5.74, 6) is 1.46. The molecule has 1 rings (SSSR count). The van der Waals surface area contributed by atoms with Crippen LogP contribution in [0.3, 0.4) is 0 Å². The third kappa shape index (κ3) is 6.66. The quantitative estimate of drug-likeness (QED) is 0.706. The maximum atomic E-state index is 12.0. The summed E-state index contributed by atoms with van der Waals surface area (Å²) in [4.78, 5) is 12.0. The van der Waals surface area contributed by atoms with E-state index in [9.17, 15) is 4.79 Å². The van der Waals surface area contributed by atoms with Gasteiger partial charge < -0.3 is 20.5 Å². The van der Waals surface area contributed by atoms with Gasteiger partial charge in [-0.1, -0.05) is 13.8 Å². The molecule has 0 saturated carbocycles. The Morgan fingerprint density at radius 3 is 2.46 bits per heavy atom. The zero-order valence-corrected chi connectivity index (χ0v) is 15.6. The molecule has 24 heavy (non-hydrogen) atoms. The van der Waals surface area contributed by atoms with Gasteiger partial charge in [-0.25, -0.2) is 4.79 Å². The molecule has 1 amide bonds. The monoisotopic (exact) mass is 337 g/mol. The second kappa shape index (κ2) is 8.78. The summed E-state index contributed by atoms with van der Waals surface area (Å²) in [6.07, 6.45) is -0.514. The molecule has 0 aliphatic rings. The van der Waals surface area contributed by atoms with E-state index in [1.165, 1.54) is 0 Å². The van der Waals surface area contributed by atoms with Crippen molar-refractivity contribution in [1.29, 1.82) is 0 Å². The first kappa shape index (κ1) is 20.1. The van der Waals surface area contributed by atoms with E-state index in [1.54, 1.807) is 7.11 Å². The zero-order chi connectivity index (χ0) is 18.3. The number of carbonyl (C=O) groups is 1. The number of amides is 1. The molecule has 4 N–H and O–H groups in total. The maximum absolute atomic E-state index is 12.0. The highest BCUT2D eigenvalue weighted by Gasteiger charge is 2.18. The summed E-state index contributed by atoms with van der Waals surface area (Å²) in [6.45, 7) is 11.2. The van der Waals surface area contributed by atoms with Crippen LogP contribution in [0.25, 0.3) is 0 Å². The number of anilines is 2. The molecular formula is C18H31N3O3. The lowest BCUT2D eigenvalue weighted by Gasteiger charge is -2.22. The number of hydrogen-bond acceptors (Lipinski definition) is 5. The lowest BCUT2D eigenvalue weighted by molar-refractivity contribution is 0.0635. The Balaban J connectivity index is 2.82. The Morgan fingerprint density at radius 2 is 1.96 bits per heavy atom. The minimum absolute atomic E-state index is 0.384. The smallest absolute Gasteiger partial charge is 0.412 e. The van der Waals surface area contributed by atoms with Gasteiger partial charge in [-0.15, -0.1) is 0 Å². The lowest BCUT2D eigenvalue weighted by Crippen LogP contribution is -2.28. The molecule has 0 aliphatic heterocycles. The van der Waals surface area contributed by atoms with Crippen LogP contribution in [0, 0.1) is 11.8 Å². The van der Waals surface area contributed by atoms with Gasteiger partial charge in [0.1, 0.15) is 11.4 Å². The Bertz CT molecular complexity index is 539. The molecule has 0 saturated heterocycles. The van der Waals surface area contributed by atoms with E-state index in [2.05, 4.69) is 24.5 Å². The van der Waals surface area contributed by atoms with E-state index in [-0.39, 0.29) is 0 Å². The molecule has 0 radical (unpaired) electrons. The van der Waals surface area contributed by atoms with E-state index < -0.39 is 11.7 Å². The summed E-state index contributed by atoms with van der Waals surface area (Å²) in [6, 6.07) is 5.55. The standard InChI is InChI=1S/C18H31N3O3/c1-12(2)13(10-19)11-20-14-7-8-16(23-6)15(9-14)21-17(22)24-18(3,4)5/h7-9,12-13,20H,10-11,19H2,1-6H3,(H,21,22). The summed E-state index contributed by atoms with van der Waals surface area (Å²) in [5.41, 5.74) is 6.70. The summed E-state index contributed by atoms with van der Waals surface area (Å²) >= 11 is 0. The highest BCUT2D eigenvalue weighted by atomic mass is 16.6. The number of hydrogen-bond donors (Lipinski definition) is 3. The summed E-state index contributed by atoms with van der Waals surface area (Å²) < 4.78 is 10.6. The van der Waals surface area contributed by atoms with Crippen LogP contribution in [0.15, 0.2) is 18.2 Å². The second-order valence-corrected chi connectivity index (χ2v) is 7.16. The van der Waals surface area contributed by atoms with Gasteiger partial charge in [0, 0.05) is 12.2 Å². The predicted octanol–water partition coefficient (Wildman–Crippen LogP) is 3.69. The van der Waals surface area contributed by atoms with Gasteiger partial charge in [-0.3, -0.25) is 5.32 Å². The molecule has 6 nitrogen and oxygen atoms in total. The normalized spacial score (nSPS) is 12.7. The topological polar surface area (TPSA) is 85.6 Å². The van der Waals surface area contributed by atoms with Crippen molar-refractivity contribution in [2.45, 2.75) is 40.2 Å². The molecule has 0 fully saturated rings. The van der Waals surface area contributed by atoms with Gasteiger partial charge in [0.2, 0.25) is 0 Å². The predicted molar refractivity (Wildman–Crippen MR) is 98.7 cm³/mol. The number of nitrogens with one attached hydrogen (secondary N) is 2. The Morgan fingerprint density at radius 1 is 1.29 bits per heavy atom. The number of nitrogens with two attached hydrogens (primary N) is 1. The SMILES string of the molecule is COc1ccc(NCC(CN)C(C)C)cc1NC(=O)OC(C)(C)C. The van der Waals surface area contributed by atoms with Gasteiger partial charge in [0.25, 0.3) is 0 Å². The average molecular weight is 337 g/mol. The fraction of sp³-hybridized carbons (Fsp3) is 0.611. The van der Waals surface area contributed by atoms with E-state index in [4.69, 9.17) is 15.2 Å². The molecule has 0 spiro atoms. The molecule has 0 aromatic heterocycles. The van der Waals surface area contributed by atoms with Crippen molar-refractivity contribution >= 4 is 17.5 Å². The number of methoxy groups -OCH3 is 1. The van der Waals surface area contributed by atoms with Crippen LogP contribution in [0.4, 0.5) is 16.2 Å². The Kier molecular flexibility index (Phi) is 7.35. The van der Waals surface area contributed by atoms with Gasteiger partial charge in [-0.05, 0) is 57.4 Å². The van der Waals surface area contributed by atoms with Crippen molar-refractivity contribution in [3.05, 3.63) is 18.2 Å². The van der Waals surface area contributed by atoms with E-state index in [0.29, 0.717) is 29.8 Å². The minimum atomic E-state index is -0.557. The van der Waals surface area contributed by atoms with Crippen LogP contribution in [-0.2, 0) is 4.74 Å². The molecule has 1 aromatic carbocycles. The number of benzene rings is 1.